The zero-order valence-corrected chi connectivity index (χ0v) is 10.7. The summed E-state index contributed by atoms with van der Waals surface area (Å²) in [6.45, 7) is 8.29. The van der Waals surface area contributed by atoms with E-state index in [1.165, 1.54) is 0 Å². The predicted octanol–water partition coefficient (Wildman–Crippen LogP) is 2.73. The number of anilines is 1. The Morgan fingerprint density at radius 3 is 2.47 bits per heavy atom. The highest BCUT2D eigenvalue weighted by Crippen LogP contribution is 2.27. The molecule has 0 spiro atoms. The molecule has 0 amide bonds. The minimum atomic E-state index is 0.365. The van der Waals surface area contributed by atoms with E-state index in [1.54, 1.807) is 0 Å². The molecule has 2 rings (SSSR count). The van der Waals surface area contributed by atoms with Crippen LogP contribution in [0.4, 0.5) is 5.82 Å². The van der Waals surface area contributed by atoms with Gasteiger partial charge < -0.3 is 5.73 Å². The molecule has 0 radical (unpaired) electrons. The van der Waals surface area contributed by atoms with Crippen molar-refractivity contribution in [1.29, 1.82) is 0 Å². The second-order valence-electron chi connectivity index (χ2n) is 4.63. The second-order valence-corrected chi connectivity index (χ2v) is 4.63. The molecular formula is C13H18N4. The smallest absolute Gasteiger partial charge is 0.123 e. The lowest BCUT2D eigenvalue weighted by Gasteiger charge is -2.05. The molecular weight excluding hydrogens is 212 g/mol. The van der Waals surface area contributed by atoms with E-state index >= 15 is 0 Å². The van der Waals surface area contributed by atoms with Gasteiger partial charge in [-0.05, 0) is 39.3 Å². The summed E-state index contributed by atoms with van der Waals surface area (Å²) in [6.07, 6.45) is 3.89. The first kappa shape index (κ1) is 11.6. The Labute approximate surface area is 101 Å². The monoisotopic (exact) mass is 230 g/mol. The van der Waals surface area contributed by atoms with Crippen LogP contribution in [-0.4, -0.2) is 14.8 Å². The number of hydrogen-bond acceptors (Lipinski definition) is 3. The van der Waals surface area contributed by atoms with Gasteiger partial charge in [-0.25, -0.2) is 4.98 Å². The highest BCUT2D eigenvalue weighted by atomic mass is 15.3. The maximum atomic E-state index is 5.67. The Morgan fingerprint density at radius 2 is 1.94 bits per heavy atom. The number of nitrogen functional groups attached to an aromatic ring is 1. The van der Waals surface area contributed by atoms with Gasteiger partial charge in [0.15, 0.2) is 0 Å². The summed E-state index contributed by atoms with van der Waals surface area (Å²) >= 11 is 0. The summed E-state index contributed by atoms with van der Waals surface area (Å²) < 4.78 is 1.97. The van der Waals surface area contributed by atoms with E-state index in [0.29, 0.717) is 11.9 Å². The Hall–Kier alpha value is -1.84. The summed E-state index contributed by atoms with van der Waals surface area (Å²) in [6, 6.07) is 2.26. The van der Waals surface area contributed by atoms with Crippen molar-refractivity contribution < 1.29 is 0 Å². The largest absolute Gasteiger partial charge is 0.384 e. The molecule has 0 saturated heterocycles. The average Bonchev–Trinajstić information content (AvgIpc) is 2.61. The van der Waals surface area contributed by atoms with Crippen molar-refractivity contribution in [3.05, 3.63) is 29.7 Å². The third kappa shape index (κ3) is 2.16. The third-order valence-electron chi connectivity index (χ3n) is 2.87. The topological polar surface area (TPSA) is 56.7 Å². The average molecular weight is 230 g/mol. The van der Waals surface area contributed by atoms with Crippen LogP contribution in [0.25, 0.3) is 11.1 Å². The van der Waals surface area contributed by atoms with Gasteiger partial charge in [-0.1, -0.05) is 0 Å². The van der Waals surface area contributed by atoms with Crippen LogP contribution in [0.5, 0.6) is 0 Å². The first-order valence-corrected chi connectivity index (χ1v) is 5.77. The molecule has 2 heterocycles. The van der Waals surface area contributed by atoms with Crippen LogP contribution in [0.15, 0.2) is 18.5 Å². The van der Waals surface area contributed by atoms with Crippen LogP contribution < -0.4 is 5.73 Å². The van der Waals surface area contributed by atoms with E-state index in [4.69, 9.17) is 5.73 Å². The fraction of sp³-hybridized carbons (Fsp3) is 0.385. The third-order valence-corrected chi connectivity index (χ3v) is 2.87. The van der Waals surface area contributed by atoms with Crippen LogP contribution in [0, 0.1) is 13.8 Å². The first-order valence-electron chi connectivity index (χ1n) is 5.77. The van der Waals surface area contributed by atoms with E-state index in [-0.39, 0.29) is 0 Å². The van der Waals surface area contributed by atoms with E-state index < -0.39 is 0 Å². The summed E-state index contributed by atoms with van der Waals surface area (Å²) in [5.74, 6) is 0.556. The van der Waals surface area contributed by atoms with Gasteiger partial charge in [0.05, 0.1) is 5.69 Å². The summed E-state index contributed by atoms with van der Waals surface area (Å²) in [7, 11) is 0. The molecule has 2 N–H and O–H groups in total. The number of aryl methyl sites for hydroxylation is 2. The van der Waals surface area contributed by atoms with Crippen LogP contribution >= 0.6 is 0 Å². The zero-order valence-electron chi connectivity index (χ0n) is 10.7. The predicted molar refractivity (Wildman–Crippen MR) is 69.7 cm³/mol. The van der Waals surface area contributed by atoms with Gasteiger partial charge in [-0.2, -0.15) is 5.10 Å². The van der Waals surface area contributed by atoms with Gasteiger partial charge in [0.1, 0.15) is 5.82 Å². The van der Waals surface area contributed by atoms with Crippen LogP contribution in [0.2, 0.25) is 0 Å². The van der Waals surface area contributed by atoms with Gasteiger partial charge in [0, 0.05) is 29.6 Å². The van der Waals surface area contributed by atoms with Crippen molar-refractivity contribution in [2.45, 2.75) is 33.7 Å². The molecule has 0 saturated carbocycles. The number of nitrogens with zero attached hydrogens (tertiary/aromatic N) is 3. The van der Waals surface area contributed by atoms with Crippen molar-refractivity contribution in [2.75, 3.05) is 5.73 Å². The molecule has 4 heteroatoms. The molecule has 0 aromatic carbocycles. The van der Waals surface area contributed by atoms with Gasteiger partial charge in [-0.15, -0.1) is 0 Å². The minimum Gasteiger partial charge on any atom is -0.384 e. The normalized spacial score (nSPS) is 11.1. The van der Waals surface area contributed by atoms with Crippen molar-refractivity contribution in [3.8, 4) is 11.1 Å². The van der Waals surface area contributed by atoms with Crippen LogP contribution in [-0.2, 0) is 0 Å². The zero-order chi connectivity index (χ0) is 12.6. The summed E-state index contributed by atoms with van der Waals surface area (Å²) in [5.41, 5.74) is 10.0. The maximum Gasteiger partial charge on any atom is 0.123 e. The standard InChI is InChI=1S/C13H18N4/c1-8(2)17-7-12(10(4)16-17)11-6-15-13(14)5-9(11)3/h5-8H,1-4H3,(H2,14,15). The molecule has 2 aromatic rings. The van der Waals surface area contributed by atoms with Crippen molar-refractivity contribution >= 4 is 5.82 Å². The molecule has 0 atom stereocenters. The Bertz CT molecular complexity index is 540. The Kier molecular flexibility index (Phi) is 2.88. The maximum absolute atomic E-state index is 5.67. The summed E-state index contributed by atoms with van der Waals surface area (Å²) in [4.78, 5) is 4.15. The van der Waals surface area contributed by atoms with Crippen LogP contribution in [0.3, 0.4) is 0 Å². The molecule has 17 heavy (non-hydrogen) atoms. The number of aromatic nitrogens is 3. The number of nitrogens with two attached hydrogens (primary N) is 1. The van der Waals surface area contributed by atoms with Crippen LogP contribution in [0.1, 0.15) is 31.1 Å². The minimum absolute atomic E-state index is 0.365. The highest BCUT2D eigenvalue weighted by molar-refractivity contribution is 5.68. The lowest BCUT2D eigenvalue weighted by molar-refractivity contribution is 0.529. The Morgan fingerprint density at radius 1 is 1.24 bits per heavy atom. The molecule has 2 aromatic heterocycles. The lowest BCUT2D eigenvalue weighted by atomic mass is 10.0. The number of rotatable bonds is 2. The molecule has 0 aliphatic heterocycles. The lowest BCUT2D eigenvalue weighted by Crippen LogP contribution is -2.00. The molecule has 90 valence electrons. The van der Waals surface area contributed by atoms with Crippen molar-refractivity contribution in [3.63, 3.8) is 0 Å². The quantitative estimate of drug-likeness (QED) is 0.863. The molecule has 0 aliphatic carbocycles. The molecule has 4 nitrogen and oxygen atoms in total. The van der Waals surface area contributed by atoms with Gasteiger partial charge in [0.25, 0.3) is 0 Å². The van der Waals surface area contributed by atoms with Gasteiger partial charge >= 0.3 is 0 Å². The van der Waals surface area contributed by atoms with E-state index in [2.05, 4.69) is 30.1 Å². The van der Waals surface area contributed by atoms with Crippen molar-refractivity contribution in [2.24, 2.45) is 0 Å². The SMILES string of the molecule is Cc1cc(N)ncc1-c1cn(C(C)C)nc1C. The van der Waals surface area contributed by atoms with E-state index in [1.807, 2.05) is 30.8 Å². The molecule has 0 unspecified atom stereocenters. The van der Waals surface area contributed by atoms with Gasteiger partial charge in [-0.3, -0.25) is 4.68 Å². The second kappa shape index (κ2) is 4.20. The molecule has 0 aliphatic rings. The number of pyridine rings is 1. The molecule has 0 fully saturated rings. The van der Waals surface area contributed by atoms with E-state index in [0.717, 1.165) is 22.4 Å². The molecule has 0 bridgehead atoms. The fourth-order valence-corrected chi connectivity index (χ4v) is 1.87. The van der Waals surface area contributed by atoms with Gasteiger partial charge in [0.2, 0.25) is 0 Å². The van der Waals surface area contributed by atoms with Crippen molar-refractivity contribution in [1.82, 2.24) is 14.8 Å². The Balaban J connectivity index is 2.52. The summed E-state index contributed by atoms with van der Waals surface area (Å²) in [5, 5.41) is 4.51. The fourth-order valence-electron chi connectivity index (χ4n) is 1.87. The first-order chi connectivity index (χ1) is 7.99. The highest BCUT2D eigenvalue weighted by Gasteiger charge is 2.11. The van der Waals surface area contributed by atoms with E-state index in [9.17, 15) is 0 Å². The number of hydrogen-bond donors (Lipinski definition) is 1.